The van der Waals surface area contributed by atoms with Gasteiger partial charge in [0.2, 0.25) is 5.91 Å². The minimum Gasteiger partial charge on any atom is -0.491 e. The molecule has 2 N–H and O–H groups in total. The molecule has 0 bridgehead atoms. The molecule has 1 saturated carbocycles. The standard InChI is InChI=1S/C29H41N3O6/c1-31-10-8-23(18-27(31)33)29(35)9-11-32(20-26(29)28(34)30-24-6-7-24)19-22-15-21(5-4-12-36-2)16-25(17-22)38-14-13-37-3/h8,10,15-18,24,26,35H,4-7,9,11-14,19-20H2,1-3H3,(H,30,34). The number of amides is 1. The van der Waals surface area contributed by atoms with Crippen molar-refractivity contribution in [2.75, 3.05) is 47.1 Å². The molecule has 1 aliphatic carbocycles. The van der Waals surface area contributed by atoms with Crippen molar-refractivity contribution in [1.29, 1.82) is 0 Å². The van der Waals surface area contributed by atoms with E-state index in [0.29, 0.717) is 51.4 Å². The number of nitrogens with zero attached hydrogens (tertiary/aromatic N) is 2. The van der Waals surface area contributed by atoms with Gasteiger partial charge >= 0.3 is 0 Å². The number of hydrogen-bond donors (Lipinski definition) is 2. The second kappa shape index (κ2) is 12.9. The Hall–Kier alpha value is -2.72. The SMILES string of the molecule is COCCCc1cc(CN2CCC(O)(c3ccn(C)c(=O)c3)C(C(=O)NC3CC3)C2)cc(OCCOC)c1. The molecule has 1 aromatic carbocycles. The summed E-state index contributed by atoms with van der Waals surface area (Å²) in [7, 11) is 5.03. The van der Waals surface area contributed by atoms with E-state index in [-0.39, 0.29) is 17.5 Å². The van der Waals surface area contributed by atoms with Gasteiger partial charge in [-0.15, -0.1) is 0 Å². The van der Waals surface area contributed by atoms with Crippen LogP contribution >= 0.6 is 0 Å². The van der Waals surface area contributed by atoms with E-state index in [1.807, 2.05) is 6.07 Å². The van der Waals surface area contributed by atoms with E-state index in [9.17, 15) is 14.7 Å². The molecule has 2 heterocycles. The van der Waals surface area contributed by atoms with Crippen LogP contribution in [-0.2, 0) is 39.9 Å². The average molecular weight is 528 g/mol. The Morgan fingerprint density at radius 1 is 1.11 bits per heavy atom. The molecule has 9 heteroatoms. The first-order valence-electron chi connectivity index (χ1n) is 13.5. The summed E-state index contributed by atoms with van der Waals surface area (Å²) in [5.41, 5.74) is 1.16. The maximum atomic E-state index is 13.4. The lowest BCUT2D eigenvalue weighted by atomic mass is 9.75. The van der Waals surface area contributed by atoms with Crippen molar-refractivity contribution in [1.82, 2.24) is 14.8 Å². The van der Waals surface area contributed by atoms with Gasteiger partial charge in [0.1, 0.15) is 18.0 Å². The van der Waals surface area contributed by atoms with Gasteiger partial charge < -0.3 is 29.2 Å². The molecule has 0 spiro atoms. The second-order valence-electron chi connectivity index (χ2n) is 10.5. The molecule has 208 valence electrons. The molecule has 4 rings (SSSR count). The summed E-state index contributed by atoms with van der Waals surface area (Å²) in [6.07, 6.45) is 5.72. The van der Waals surface area contributed by atoms with Crippen molar-refractivity contribution in [2.45, 2.75) is 50.3 Å². The van der Waals surface area contributed by atoms with Crippen LogP contribution in [-0.4, -0.2) is 73.7 Å². The molecule has 9 nitrogen and oxygen atoms in total. The van der Waals surface area contributed by atoms with Gasteiger partial charge in [-0.3, -0.25) is 14.5 Å². The van der Waals surface area contributed by atoms with Crippen molar-refractivity contribution in [3.05, 3.63) is 63.6 Å². The second-order valence-corrected chi connectivity index (χ2v) is 10.5. The number of carbonyl (C=O) groups is 1. The molecule has 1 aliphatic heterocycles. The number of aliphatic hydroxyl groups is 1. The summed E-state index contributed by atoms with van der Waals surface area (Å²) >= 11 is 0. The van der Waals surface area contributed by atoms with Crippen LogP contribution in [0, 0.1) is 5.92 Å². The van der Waals surface area contributed by atoms with Crippen LogP contribution in [0.1, 0.15) is 42.4 Å². The Bertz CT molecular complexity index is 1120. The first-order valence-corrected chi connectivity index (χ1v) is 13.5. The van der Waals surface area contributed by atoms with Gasteiger partial charge in [0.25, 0.3) is 5.56 Å². The van der Waals surface area contributed by atoms with Gasteiger partial charge in [0.05, 0.1) is 12.5 Å². The molecule has 2 aliphatic rings. The number of hydrogen-bond acceptors (Lipinski definition) is 7. The number of pyridine rings is 1. The Balaban J connectivity index is 1.54. The number of carbonyl (C=O) groups excluding carboxylic acids is 1. The topological polar surface area (TPSA) is 102 Å². The van der Waals surface area contributed by atoms with Crippen LogP contribution in [0.3, 0.4) is 0 Å². The van der Waals surface area contributed by atoms with Gasteiger partial charge in [-0.1, -0.05) is 6.07 Å². The number of methoxy groups -OCH3 is 2. The number of benzene rings is 1. The van der Waals surface area contributed by atoms with Crippen LogP contribution in [0.2, 0.25) is 0 Å². The monoisotopic (exact) mass is 527 g/mol. The fourth-order valence-electron chi connectivity index (χ4n) is 5.11. The summed E-state index contributed by atoms with van der Waals surface area (Å²) in [5, 5.41) is 14.9. The number of nitrogens with one attached hydrogen (secondary N) is 1. The number of aryl methyl sites for hydroxylation is 2. The first kappa shape index (κ1) is 28.3. The highest BCUT2D eigenvalue weighted by atomic mass is 16.5. The molecule has 2 atom stereocenters. The minimum absolute atomic E-state index is 0.155. The third kappa shape index (κ3) is 7.22. The van der Waals surface area contributed by atoms with Crippen molar-refractivity contribution in [2.24, 2.45) is 13.0 Å². The van der Waals surface area contributed by atoms with Crippen LogP contribution in [0.15, 0.2) is 41.3 Å². The Labute approximate surface area is 224 Å². The van der Waals surface area contributed by atoms with E-state index in [1.54, 1.807) is 33.5 Å². The molecule has 1 saturated heterocycles. The fourth-order valence-corrected chi connectivity index (χ4v) is 5.11. The lowest BCUT2D eigenvalue weighted by Gasteiger charge is -2.44. The minimum atomic E-state index is -1.40. The van der Waals surface area contributed by atoms with Crippen LogP contribution < -0.4 is 15.6 Å². The lowest BCUT2D eigenvalue weighted by molar-refractivity contribution is -0.144. The van der Waals surface area contributed by atoms with E-state index < -0.39 is 11.5 Å². The third-order valence-corrected chi connectivity index (χ3v) is 7.47. The number of aromatic nitrogens is 1. The van der Waals surface area contributed by atoms with Gasteiger partial charge in [0.15, 0.2) is 0 Å². The highest BCUT2D eigenvalue weighted by Crippen LogP contribution is 2.38. The molecule has 1 aromatic heterocycles. The van der Waals surface area contributed by atoms with Crippen LogP contribution in [0.25, 0.3) is 0 Å². The van der Waals surface area contributed by atoms with Crippen molar-refractivity contribution < 1.29 is 24.1 Å². The Kier molecular flexibility index (Phi) is 9.59. The number of piperidine rings is 1. The van der Waals surface area contributed by atoms with Crippen molar-refractivity contribution >= 4 is 5.91 Å². The van der Waals surface area contributed by atoms with E-state index in [0.717, 1.165) is 37.0 Å². The van der Waals surface area contributed by atoms with Crippen LogP contribution in [0.4, 0.5) is 0 Å². The zero-order valence-corrected chi connectivity index (χ0v) is 22.8. The van der Waals surface area contributed by atoms with Gasteiger partial charge in [-0.05, 0) is 67.0 Å². The lowest BCUT2D eigenvalue weighted by Crippen LogP contribution is -2.56. The number of likely N-dealkylation sites (tertiary alicyclic amines) is 1. The van der Waals surface area contributed by atoms with E-state index in [4.69, 9.17) is 14.2 Å². The summed E-state index contributed by atoms with van der Waals surface area (Å²) < 4.78 is 17.8. The molecule has 2 fully saturated rings. The molecule has 2 unspecified atom stereocenters. The Morgan fingerprint density at radius 2 is 1.87 bits per heavy atom. The summed E-state index contributed by atoms with van der Waals surface area (Å²) in [5.74, 6) is -0.0489. The summed E-state index contributed by atoms with van der Waals surface area (Å²) in [6.45, 7) is 3.26. The largest absolute Gasteiger partial charge is 0.491 e. The smallest absolute Gasteiger partial charge is 0.250 e. The predicted octanol–water partition coefficient (Wildman–Crippen LogP) is 1.98. The summed E-state index contributed by atoms with van der Waals surface area (Å²) in [6, 6.07) is 9.67. The van der Waals surface area contributed by atoms with E-state index in [1.165, 1.54) is 16.2 Å². The average Bonchev–Trinajstić information content (AvgIpc) is 3.71. The normalized spacial score (nSPS) is 21.8. The molecular weight excluding hydrogens is 486 g/mol. The van der Waals surface area contributed by atoms with Crippen LogP contribution in [0.5, 0.6) is 5.75 Å². The molecule has 38 heavy (non-hydrogen) atoms. The zero-order chi connectivity index (χ0) is 27.1. The molecule has 1 amide bonds. The number of rotatable bonds is 13. The highest BCUT2D eigenvalue weighted by molar-refractivity contribution is 5.81. The first-order chi connectivity index (χ1) is 18.3. The van der Waals surface area contributed by atoms with Gasteiger partial charge in [-0.25, -0.2) is 0 Å². The van der Waals surface area contributed by atoms with E-state index >= 15 is 0 Å². The fraction of sp³-hybridized carbons (Fsp3) is 0.586. The highest BCUT2D eigenvalue weighted by Gasteiger charge is 2.47. The number of ether oxygens (including phenoxy) is 3. The third-order valence-electron chi connectivity index (χ3n) is 7.47. The summed E-state index contributed by atoms with van der Waals surface area (Å²) in [4.78, 5) is 27.9. The van der Waals surface area contributed by atoms with Gasteiger partial charge in [-0.2, -0.15) is 0 Å². The van der Waals surface area contributed by atoms with Crippen molar-refractivity contribution in [3.8, 4) is 5.75 Å². The van der Waals surface area contributed by atoms with E-state index in [2.05, 4.69) is 22.3 Å². The molecular formula is C29H41N3O6. The van der Waals surface area contributed by atoms with Crippen molar-refractivity contribution in [3.63, 3.8) is 0 Å². The van der Waals surface area contributed by atoms with Gasteiger partial charge in [0, 0.05) is 65.8 Å². The Morgan fingerprint density at radius 3 is 2.58 bits per heavy atom. The maximum absolute atomic E-state index is 13.4. The molecule has 2 aromatic rings. The molecule has 0 radical (unpaired) electrons. The predicted molar refractivity (Wildman–Crippen MR) is 144 cm³/mol. The maximum Gasteiger partial charge on any atom is 0.250 e. The zero-order valence-electron chi connectivity index (χ0n) is 22.8. The quantitative estimate of drug-likeness (QED) is 0.384.